The number of aromatic nitrogens is 1. The van der Waals surface area contributed by atoms with Crippen molar-refractivity contribution in [1.29, 1.82) is 0 Å². The number of carbonyl (C=O) groups is 1. The number of ketones is 1. The zero-order valence-electron chi connectivity index (χ0n) is 9.86. The van der Waals surface area contributed by atoms with Crippen LogP contribution in [-0.2, 0) is 0 Å². The molecule has 0 saturated heterocycles. The Morgan fingerprint density at radius 3 is 2.81 bits per heavy atom. The third-order valence-electron chi connectivity index (χ3n) is 2.73. The van der Waals surface area contributed by atoms with E-state index >= 15 is 0 Å². The van der Waals surface area contributed by atoms with Crippen LogP contribution in [0.2, 0.25) is 0 Å². The van der Waals surface area contributed by atoms with E-state index < -0.39 is 0 Å². The molecule has 16 heavy (non-hydrogen) atoms. The Morgan fingerprint density at radius 2 is 2.25 bits per heavy atom. The Kier molecular flexibility index (Phi) is 4.43. The SMILES string of the molecule is Cc1ccnc(N)c1C(=O)CCC(C)CN. The summed E-state index contributed by atoms with van der Waals surface area (Å²) in [4.78, 5) is 15.9. The lowest BCUT2D eigenvalue weighted by Gasteiger charge is -2.09. The van der Waals surface area contributed by atoms with Crippen LogP contribution in [-0.4, -0.2) is 17.3 Å². The average molecular weight is 221 g/mol. The number of pyridine rings is 1. The van der Waals surface area contributed by atoms with Gasteiger partial charge in [-0.2, -0.15) is 0 Å². The Labute approximate surface area is 96.0 Å². The predicted octanol–water partition coefficient (Wildman–Crippen LogP) is 1.53. The third kappa shape index (κ3) is 3.03. The highest BCUT2D eigenvalue weighted by Crippen LogP contribution is 2.17. The lowest BCUT2D eigenvalue weighted by atomic mass is 9.98. The normalized spacial score (nSPS) is 12.4. The van der Waals surface area contributed by atoms with Gasteiger partial charge in [0.25, 0.3) is 0 Å². The maximum absolute atomic E-state index is 11.9. The quantitative estimate of drug-likeness (QED) is 0.739. The van der Waals surface area contributed by atoms with Crippen LogP contribution in [0.25, 0.3) is 0 Å². The molecule has 1 rings (SSSR count). The molecule has 4 heteroatoms. The Balaban J connectivity index is 2.73. The van der Waals surface area contributed by atoms with Crippen molar-refractivity contribution in [3.05, 3.63) is 23.4 Å². The first-order chi connectivity index (χ1) is 7.56. The molecule has 1 atom stereocenters. The minimum Gasteiger partial charge on any atom is -0.383 e. The molecule has 0 saturated carbocycles. The highest BCUT2D eigenvalue weighted by atomic mass is 16.1. The topological polar surface area (TPSA) is 82.0 Å². The summed E-state index contributed by atoms with van der Waals surface area (Å²) >= 11 is 0. The molecular weight excluding hydrogens is 202 g/mol. The predicted molar refractivity (Wildman–Crippen MR) is 65.2 cm³/mol. The summed E-state index contributed by atoms with van der Waals surface area (Å²) in [5.41, 5.74) is 12.7. The van der Waals surface area contributed by atoms with Gasteiger partial charge < -0.3 is 11.5 Å². The lowest BCUT2D eigenvalue weighted by molar-refractivity contribution is 0.0975. The van der Waals surface area contributed by atoms with Crippen molar-refractivity contribution in [2.75, 3.05) is 12.3 Å². The molecule has 0 aliphatic rings. The monoisotopic (exact) mass is 221 g/mol. The van der Waals surface area contributed by atoms with Crippen LogP contribution in [0.1, 0.15) is 35.7 Å². The lowest BCUT2D eigenvalue weighted by Crippen LogP contribution is -2.14. The zero-order chi connectivity index (χ0) is 12.1. The first-order valence-corrected chi connectivity index (χ1v) is 5.50. The summed E-state index contributed by atoms with van der Waals surface area (Å²) in [6.07, 6.45) is 2.89. The van der Waals surface area contributed by atoms with Crippen molar-refractivity contribution in [1.82, 2.24) is 4.98 Å². The van der Waals surface area contributed by atoms with Crippen LogP contribution < -0.4 is 11.5 Å². The molecule has 0 spiro atoms. The fraction of sp³-hybridized carbons (Fsp3) is 0.500. The number of anilines is 1. The van der Waals surface area contributed by atoms with Gasteiger partial charge in [-0.3, -0.25) is 4.79 Å². The number of carbonyl (C=O) groups excluding carboxylic acids is 1. The number of aryl methyl sites for hydroxylation is 1. The fourth-order valence-electron chi connectivity index (χ4n) is 1.56. The molecule has 1 aromatic heterocycles. The van der Waals surface area contributed by atoms with Crippen LogP contribution in [0.5, 0.6) is 0 Å². The van der Waals surface area contributed by atoms with Gasteiger partial charge in [-0.25, -0.2) is 4.98 Å². The van der Waals surface area contributed by atoms with E-state index in [2.05, 4.69) is 4.98 Å². The van der Waals surface area contributed by atoms with E-state index in [9.17, 15) is 4.79 Å². The van der Waals surface area contributed by atoms with Crippen molar-refractivity contribution < 1.29 is 4.79 Å². The summed E-state index contributed by atoms with van der Waals surface area (Å²) in [5, 5.41) is 0. The fourth-order valence-corrected chi connectivity index (χ4v) is 1.56. The molecule has 0 amide bonds. The molecule has 4 N–H and O–H groups in total. The second-order valence-corrected chi connectivity index (χ2v) is 4.19. The zero-order valence-corrected chi connectivity index (χ0v) is 9.86. The van der Waals surface area contributed by atoms with Crippen molar-refractivity contribution in [2.45, 2.75) is 26.7 Å². The molecule has 0 fully saturated rings. The highest BCUT2D eigenvalue weighted by molar-refractivity contribution is 6.01. The standard InChI is InChI=1S/C12H19N3O/c1-8(7-13)3-4-10(16)11-9(2)5-6-15-12(11)14/h5-6,8H,3-4,7,13H2,1-2H3,(H2,14,15). The Bertz CT molecular complexity index is 356. The maximum Gasteiger partial charge on any atom is 0.166 e. The number of Topliss-reactive ketones (excluding diaryl/α,β-unsaturated/α-hetero) is 1. The van der Waals surface area contributed by atoms with Crippen molar-refractivity contribution >= 4 is 11.6 Å². The van der Waals surface area contributed by atoms with Gasteiger partial charge in [0.2, 0.25) is 0 Å². The molecular formula is C12H19N3O. The van der Waals surface area contributed by atoms with E-state index in [1.165, 1.54) is 0 Å². The molecule has 0 aromatic carbocycles. The van der Waals surface area contributed by atoms with E-state index in [0.29, 0.717) is 30.3 Å². The van der Waals surface area contributed by atoms with Crippen LogP contribution in [0, 0.1) is 12.8 Å². The molecule has 1 unspecified atom stereocenters. The summed E-state index contributed by atoms with van der Waals surface area (Å²) < 4.78 is 0. The molecule has 4 nitrogen and oxygen atoms in total. The van der Waals surface area contributed by atoms with Gasteiger partial charge in [0.15, 0.2) is 5.78 Å². The number of rotatable bonds is 5. The van der Waals surface area contributed by atoms with E-state index in [0.717, 1.165) is 12.0 Å². The number of nitrogens with two attached hydrogens (primary N) is 2. The van der Waals surface area contributed by atoms with Gasteiger partial charge in [0, 0.05) is 12.6 Å². The van der Waals surface area contributed by atoms with Crippen LogP contribution in [0.4, 0.5) is 5.82 Å². The van der Waals surface area contributed by atoms with E-state index in [-0.39, 0.29) is 5.78 Å². The van der Waals surface area contributed by atoms with Gasteiger partial charge in [0.05, 0.1) is 5.56 Å². The smallest absolute Gasteiger partial charge is 0.166 e. The van der Waals surface area contributed by atoms with Crippen molar-refractivity contribution in [2.24, 2.45) is 11.7 Å². The van der Waals surface area contributed by atoms with Crippen molar-refractivity contribution in [3.8, 4) is 0 Å². The minimum atomic E-state index is 0.0587. The van der Waals surface area contributed by atoms with E-state index in [4.69, 9.17) is 11.5 Å². The van der Waals surface area contributed by atoms with Crippen LogP contribution in [0.15, 0.2) is 12.3 Å². The molecule has 0 aliphatic carbocycles. The Morgan fingerprint density at radius 1 is 1.56 bits per heavy atom. The Hall–Kier alpha value is -1.42. The second-order valence-electron chi connectivity index (χ2n) is 4.19. The summed E-state index contributed by atoms with van der Waals surface area (Å²) in [5.74, 6) is 0.746. The average Bonchev–Trinajstić information content (AvgIpc) is 2.25. The summed E-state index contributed by atoms with van der Waals surface area (Å²) in [7, 11) is 0. The molecule has 0 radical (unpaired) electrons. The number of nitrogens with zero attached hydrogens (tertiary/aromatic N) is 1. The van der Waals surface area contributed by atoms with Gasteiger partial charge in [-0.15, -0.1) is 0 Å². The molecule has 1 aromatic rings. The summed E-state index contributed by atoms with van der Waals surface area (Å²) in [6, 6.07) is 1.80. The first-order valence-electron chi connectivity index (χ1n) is 5.50. The number of nitrogen functional groups attached to an aromatic ring is 1. The minimum absolute atomic E-state index is 0.0587. The van der Waals surface area contributed by atoms with Gasteiger partial charge in [-0.1, -0.05) is 6.92 Å². The maximum atomic E-state index is 11.9. The van der Waals surface area contributed by atoms with Gasteiger partial charge >= 0.3 is 0 Å². The van der Waals surface area contributed by atoms with E-state index in [1.807, 2.05) is 13.8 Å². The number of hydrogen-bond acceptors (Lipinski definition) is 4. The molecule has 0 aliphatic heterocycles. The summed E-state index contributed by atoms with van der Waals surface area (Å²) in [6.45, 7) is 4.51. The van der Waals surface area contributed by atoms with Crippen molar-refractivity contribution in [3.63, 3.8) is 0 Å². The number of hydrogen-bond donors (Lipinski definition) is 2. The first kappa shape index (κ1) is 12.6. The largest absolute Gasteiger partial charge is 0.383 e. The molecule has 1 heterocycles. The van der Waals surface area contributed by atoms with Crippen LogP contribution in [0.3, 0.4) is 0 Å². The second kappa shape index (κ2) is 5.61. The van der Waals surface area contributed by atoms with E-state index in [1.54, 1.807) is 12.3 Å². The van der Waals surface area contributed by atoms with Gasteiger partial charge in [-0.05, 0) is 37.4 Å². The van der Waals surface area contributed by atoms with Crippen LogP contribution >= 0.6 is 0 Å². The third-order valence-corrected chi connectivity index (χ3v) is 2.73. The molecule has 0 bridgehead atoms. The molecule has 88 valence electrons. The highest BCUT2D eigenvalue weighted by Gasteiger charge is 2.14. The van der Waals surface area contributed by atoms with Gasteiger partial charge in [0.1, 0.15) is 5.82 Å².